The minimum atomic E-state index is -4.60. The molecule has 8 heteroatoms. The number of nitrogens with one attached hydrogen (secondary N) is 1. The highest BCUT2D eigenvalue weighted by molar-refractivity contribution is 7.92. The number of alkyl halides is 3. The van der Waals surface area contributed by atoms with Crippen LogP contribution in [-0.4, -0.2) is 25.6 Å². The van der Waals surface area contributed by atoms with Gasteiger partial charge in [0.05, 0.1) is 15.2 Å². The number of piperidine rings is 1. The highest BCUT2D eigenvalue weighted by atomic mass is 32.2. The van der Waals surface area contributed by atoms with Crippen LogP contribution in [0.15, 0.2) is 29.2 Å². The van der Waals surface area contributed by atoms with Crippen molar-refractivity contribution in [2.45, 2.75) is 42.5 Å². The number of carbonyl (C=O) groups excluding carboxylic acids is 1. The van der Waals surface area contributed by atoms with Gasteiger partial charge in [-0.05, 0) is 44.4 Å². The number of benzene rings is 1. The van der Waals surface area contributed by atoms with E-state index in [9.17, 15) is 26.4 Å². The van der Waals surface area contributed by atoms with Gasteiger partial charge in [-0.3, -0.25) is 4.79 Å². The maximum Gasteiger partial charge on any atom is 0.416 e. The molecule has 0 aliphatic carbocycles. The predicted molar refractivity (Wildman–Crippen MR) is 78.4 cm³/mol. The summed E-state index contributed by atoms with van der Waals surface area (Å²) in [5.74, 6) is -0.506. The number of halogens is 3. The second-order valence-corrected chi connectivity index (χ2v) is 8.70. The third-order valence-corrected chi connectivity index (χ3v) is 7.01. The minimum absolute atomic E-state index is 0.145. The number of sulfone groups is 1. The standard InChI is InChI=1S/C15H18F3NO3S/c1-14(2,11-6-7-13(20)19-9-11)23(21,22)12-5-3-4-10(8-12)15(16,17)18/h3-5,8,11H,6-7,9H2,1-2H3,(H,19,20). The van der Waals surface area contributed by atoms with Gasteiger partial charge in [0.25, 0.3) is 0 Å². The van der Waals surface area contributed by atoms with Gasteiger partial charge >= 0.3 is 6.18 Å². The fraction of sp³-hybridized carbons (Fsp3) is 0.533. The lowest BCUT2D eigenvalue weighted by Gasteiger charge is -2.36. The van der Waals surface area contributed by atoms with Crippen molar-refractivity contribution in [1.82, 2.24) is 5.32 Å². The number of amides is 1. The molecule has 1 unspecified atom stereocenters. The Labute approximate surface area is 133 Å². The smallest absolute Gasteiger partial charge is 0.356 e. The molecule has 1 heterocycles. The summed E-state index contributed by atoms with van der Waals surface area (Å²) in [6.07, 6.45) is -4.00. The van der Waals surface area contributed by atoms with Crippen LogP contribution in [0.1, 0.15) is 32.3 Å². The number of carbonyl (C=O) groups is 1. The average molecular weight is 349 g/mol. The molecule has 0 spiro atoms. The molecule has 1 fully saturated rings. The molecule has 1 aliphatic heterocycles. The maximum atomic E-state index is 12.8. The highest BCUT2D eigenvalue weighted by Crippen LogP contribution is 2.37. The fourth-order valence-electron chi connectivity index (χ4n) is 2.69. The Kier molecular flexibility index (Phi) is 4.49. The van der Waals surface area contributed by atoms with Crippen LogP contribution in [0.3, 0.4) is 0 Å². The Morgan fingerprint density at radius 1 is 1.22 bits per heavy atom. The summed E-state index contributed by atoms with van der Waals surface area (Å²) in [6.45, 7) is 3.18. The summed E-state index contributed by atoms with van der Waals surface area (Å²) in [5, 5.41) is 2.61. The Morgan fingerprint density at radius 3 is 2.39 bits per heavy atom. The van der Waals surface area contributed by atoms with Gasteiger partial charge in [0.1, 0.15) is 0 Å². The lowest BCUT2D eigenvalue weighted by molar-refractivity contribution is -0.137. The predicted octanol–water partition coefficient (Wildman–Crippen LogP) is 2.78. The lowest BCUT2D eigenvalue weighted by atomic mass is 9.88. The third kappa shape index (κ3) is 3.36. The van der Waals surface area contributed by atoms with Crippen LogP contribution in [0.4, 0.5) is 13.2 Å². The molecule has 1 amide bonds. The number of hydrogen-bond acceptors (Lipinski definition) is 3. The van der Waals surface area contributed by atoms with Crippen LogP contribution in [0, 0.1) is 5.92 Å². The molecule has 1 aromatic carbocycles. The molecular weight excluding hydrogens is 331 g/mol. The molecule has 1 aromatic rings. The normalized spacial score (nSPS) is 20.2. The largest absolute Gasteiger partial charge is 0.416 e. The molecule has 0 aromatic heterocycles. The molecule has 1 aliphatic rings. The van der Waals surface area contributed by atoms with Crippen LogP contribution in [-0.2, 0) is 20.8 Å². The lowest BCUT2D eigenvalue weighted by Crippen LogP contribution is -2.48. The van der Waals surface area contributed by atoms with Gasteiger partial charge in [-0.15, -0.1) is 0 Å². The van der Waals surface area contributed by atoms with Crippen LogP contribution < -0.4 is 5.32 Å². The van der Waals surface area contributed by atoms with Gasteiger partial charge < -0.3 is 5.32 Å². The Bertz CT molecular complexity index is 701. The van der Waals surface area contributed by atoms with Gasteiger partial charge in [-0.2, -0.15) is 13.2 Å². The molecule has 0 saturated carbocycles. The molecule has 1 atom stereocenters. The summed E-state index contributed by atoms with van der Waals surface area (Å²) < 4.78 is 62.8. The van der Waals surface area contributed by atoms with E-state index in [1.165, 1.54) is 19.9 Å². The van der Waals surface area contributed by atoms with E-state index in [1.807, 2.05) is 0 Å². The molecule has 1 saturated heterocycles. The van der Waals surface area contributed by atoms with Gasteiger partial charge in [0.2, 0.25) is 5.91 Å². The Hall–Kier alpha value is -1.57. The summed E-state index contributed by atoms with van der Waals surface area (Å²) in [6, 6.07) is 3.77. The van der Waals surface area contributed by atoms with Crippen LogP contribution in [0.2, 0.25) is 0 Å². The first-order valence-corrected chi connectivity index (χ1v) is 8.63. The molecule has 4 nitrogen and oxygen atoms in total. The highest BCUT2D eigenvalue weighted by Gasteiger charge is 2.44. The van der Waals surface area contributed by atoms with E-state index in [-0.39, 0.29) is 29.7 Å². The zero-order chi connectivity index (χ0) is 17.5. The second-order valence-electron chi connectivity index (χ2n) is 6.17. The van der Waals surface area contributed by atoms with Crippen LogP contribution in [0.5, 0.6) is 0 Å². The van der Waals surface area contributed by atoms with E-state index in [0.717, 1.165) is 12.1 Å². The maximum absolute atomic E-state index is 12.8. The van der Waals surface area contributed by atoms with Crippen molar-refractivity contribution >= 4 is 15.7 Å². The molecule has 23 heavy (non-hydrogen) atoms. The molecule has 128 valence electrons. The first-order chi connectivity index (χ1) is 10.5. The zero-order valence-corrected chi connectivity index (χ0v) is 13.6. The van der Waals surface area contributed by atoms with Crippen LogP contribution >= 0.6 is 0 Å². The summed E-state index contributed by atoms with van der Waals surface area (Å²) >= 11 is 0. The van der Waals surface area contributed by atoms with Crippen LogP contribution in [0.25, 0.3) is 0 Å². The molecule has 0 radical (unpaired) electrons. The molecule has 2 rings (SSSR count). The van der Waals surface area contributed by atoms with Crippen molar-refractivity contribution in [2.24, 2.45) is 5.92 Å². The van der Waals surface area contributed by atoms with Gasteiger partial charge in [-0.1, -0.05) is 6.07 Å². The third-order valence-electron chi connectivity index (χ3n) is 4.41. The van der Waals surface area contributed by atoms with E-state index in [1.54, 1.807) is 0 Å². The van der Waals surface area contributed by atoms with E-state index in [0.29, 0.717) is 12.5 Å². The second kappa shape index (κ2) is 5.81. The van der Waals surface area contributed by atoms with E-state index in [4.69, 9.17) is 0 Å². The Morgan fingerprint density at radius 2 is 1.87 bits per heavy atom. The topological polar surface area (TPSA) is 63.2 Å². The van der Waals surface area contributed by atoms with E-state index in [2.05, 4.69) is 5.32 Å². The summed E-state index contributed by atoms with van der Waals surface area (Å²) in [5.41, 5.74) is -0.994. The monoisotopic (exact) mass is 349 g/mol. The zero-order valence-electron chi connectivity index (χ0n) is 12.8. The average Bonchev–Trinajstić information content (AvgIpc) is 2.47. The minimum Gasteiger partial charge on any atom is -0.356 e. The van der Waals surface area contributed by atoms with Crippen molar-refractivity contribution in [1.29, 1.82) is 0 Å². The van der Waals surface area contributed by atoms with Crippen molar-refractivity contribution in [2.75, 3.05) is 6.54 Å². The number of rotatable bonds is 3. The Balaban J connectivity index is 2.39. The van der Waals surface area contributed by atoms with Gasteiger partial charge in [-0.25, -0.2) is 8.42 Å². The van der Waals surface area contributed by atoms with Crippen molar-refractivity contribution in [3.05, 3.63) is 29.8 Å². The first kappa shape index (κ1) is 17.8. The molecule has 0 bridgehead atoms. The number of hydrogen-bond donors (Lipinski definition) is 1. The SMILES string of the molecule is CC(C)(C1CCC(=O)NC1)S(=O)(=O)c1cccc(C(F)(F)F)c1. The van der Waals surface area contributed by atoms with Gasteiger partial charge in [0.15, 0.2) is 9.84 Å². The van der Waals surface area contributed by atoms with Crippen molar-refractivity contribution < 1.29 is 26.4 Å². The van der Waals surface area contributed by atoms with Crippen molar-refractivity contribution in [3.8, 4) is 0 Å². The summed E-state index contributed by atoms with van der Waals surface area (Å²) in [4.78, 5) is 10.9. The van der Waals surface area contributed by atoms with E-state index >= 15 is 0 Å². The first-order valence-electron chi connectivity index (χ1n) is 7.15. The quantitative estimate of drug-likeness (QED) is 0.913. The fourth-order valence-corrected chi connectivity index (χ4v) is 4.48. The summed E-state index contributed by atoms with van der Waals surface area (Å²) in [7, 11) is -3.99. The van der Waals surface area contributed by atoms with Crippen molar-refractivity contribution in [3.63, 3.8) is 0 Å². The van der Waals surface area contributed by atoms with E-state index < -0.39 is 26.3 Å². The molecular formula is C15H18F3NO3S. The van der Waals surface area contributed by atoms with Gasteiger partial charge in [0, 0.05) is 13.0 Å². The molecule has 1 N–H and O–H groups in total.